The van der Waals surface area contributed by atoms with E-state index in [4.69, 9.17) is 13.6 Å². The summed E-state index contributed by atoms with van der Waals surface area (Å²) >= 11 is 5.27. The molecule has 80 valence electrons. The molecule has 0 aliphatic carbocycles. The van der Waals surface area contributed by atoms with Crippen LogP contribution < -0.4 is 5.32 Å². The van der Waals surface area contributed by atoms with Crippen LogP contribution in [0.1, 0.15) is 12.5 Å². The Bertz CT molecular complexity index is 484. The average Bonchev–Trinajstić information content (AvgIpc) is 2.40. The van der Waals surface area contributed by atoms with E-state index in [2.05, 4.69) is 5.32 Å². The number of benzene rings is 2. The minimum atomic E-state index is -0.524. The first-order valence-electron chi connectivity index (χ1n) is 5.68. The van der Waals surface area contributed by atoms with Crippen molar-refractivity contribution < 1.29 is 1.37 Å². The minimum absolute atomic E-state index is 0.524. The molecule has 1 atom stereocenters. The first-order chi connectivity index (χ1) is 8.27. The number of hydrogen-bond donors (Lipinski definition) is 1. The molecule has 16 heavy (non-hydrogen) atoms. The van der Waals surface area contributed by atoms with Gasteiger partial charge >= 0.3 is 0 Å². The molecule has 0 fully saturated rings. The van der Waals surface area contributed by atoms with Crippen molar-refractivity contribution in [3.63, 3.8) is 0 Å². The summed E-state index contributed by atoms with van der Waals surface area (Å²) in [4.78, 5) is 0.606. The van der Waals surface area contributed by atoms with Gasteiger partial charge in [-0.25, -0.2) is 0 Å². The lowest BCUT2D eigenvalue weighted by molar-refractivity contribution is 0.929. The summed E-state index contributed by atoms with van der Waals surface area (Å²) in [6.45, 7) is -0.524. The van der Waals surface area contributed by atoms with Gasteiger partial charge in [0.25, 0.3) is 0 Å². The Balaban J connectivity index is 2.05. The molecule has 1 nitrogen and oxygen atoms in total. The van der Waals surface area contributed by atoms with Crippen molar-refractivity contribution >= 4 is 17.2 Å². The summed E-state index contributed by atoms with van der Waals surface area (Å²) in [6.07, 6.45) is 0. The molecule has 0 saturated heterocycles. The molecule has 0 unspecified atom stereocenters. The number of nitrogens with one attached hydrogen (secondary N) is 1. The second kappa shape index (κ2) is 5.42. The Morgan fingerprint density at radius 1 is 1.00 bits per heavy atom. The molecule has 0 heterocycles. The molecule has 0 amide bonds. The van der Waals surface area contributed by atoms with E-state index in [1.165, 1.54) is 0 Å². The number of rotatable bonds is 3. The standard InChI is InChI=1S/C14H13NS/c16-14(13-9-5-2-6-10-13)15-11-12-7-3-1-4-8-12/h1-10H,11H2,(H,15,16)/i11D/t11-/m0/s1. The monoisotopic (exact) mass is 228 g/mol. The van der Waals surface area contributed by atoms with Crippen molar-refractivity contribution in [2.24, 2.45) is 0 Å². The van der Waals surface area contributed by atoms with E-state index in [1.807, 2.05) is 60.7 Å². The summed E-state index contributed by atoms with van der Waals surface area (Å²) < 4.78 is 7.99. The molecule has 2 rings (SSSR count). The quantitative estimate of drug-likeness (QED) is 0.810. The lowest BCUT2D eigenvalue weighted by Crippen LogP contribution is -2.21. The largest absolute Gasteiger partial charge is 0.372 e. The summed E-state index contributed by atoms with van der Waals surface area (Å²) in [7, 11) is 0. The molecular weight excluding hydrogens is 214 g/mol. The van der Waals surface area contributed by atoms with Crippen LogP contribution in [0.5, 0.6) is 0 Å². The van der Waals surface area contributed by atoms with Gasteiger partial charge in [0.1, 0.15) is 4.99 Å². The van der Waals surface area contributed by atoms with Crippen molar-refractivity contribution in [2.45, 2.75) is 6.52 Å². The van der Waals surface area contributed by atoms with Crippen LogP contribution in [0.4, 0.5) is 0 Å². The number of hydrogen-bond acceptors (Lipinski definition) is 1. The zero-order chi connectivity index (χ0) is 12.1. The number of thiocarbonyl (C=S) groups is 1. The Morgan fingerprint density at radius 3 is 2.19 bits per heavy atom. The molecule has 2 aromatic carbocycles. The molecule has 0 aliphatic rings. The highest BCUT2D eigenvalue weighted by atomic mass is 32.1. The first kappa shape index (κ1) is 9.55. The van der Waals surface area contributed by atoms with E-state index in [-0.39, 0.29) is 0 Å². The molecule has 0 radical (unpaired) electrons. The molecule has 2 aromatic rings. The van der Waals surface area contributed by atoms with Crippen LogP contribution in [0.3, 0.4) is 0 Å². The lowest BCUT2D eigenvalue weighted by atomic mass is 10.2. The highest BCUT2D eigenvalue weighted by Gasteiger charge is 1.98. The Kier molecular flexibility index (Phi) is 3.24. The van der Waals surface area contributed by atoms with Gasteiger partial charge in [-0.3, -0.25) is 0 Å². The summed E-state index contributed by atoms with van der Waals surface area (Å²) in [6, 6.07) is 19.3. The highest BCUT2D eigenvalue weighted by Crippen LogP contribution is 2.02. The molecule has 0 saturated carbocycles. The van der Waals surface area contributed by atoms with E-state index in [0.717, 1.165) is 11.1 Å². The average molecular weight is 228 g/mol. The topological polar surface area (TPSA) is 12.0 Å². The van der Waals surface area contributed by atoms with Gasteiger partial charge in [0.2, 0.25) is 0 Å². The van der Waals surface area contributed by atoms with Crippen LogP contribution in [0, 0.1) is 0 Å². The summed E-state index contributed by atoms with van der Waals surface area (Å²) in [5.74, 6) is 0. The predicted molar refractivity (Wildman–Crippen MR) is 71.4 cm³/mol. The van der Waals surface area contributed by atoms with Crippen molar-refractivity contribution in [2.75, 3.05) is 0 Å². The fraction of sp³-hybridized carbons (Fsp3) is 0.0714. The van der Waals surface area contributed by atoms with Crippen LogP contribution >= 0.6 is 12.2 Å². The predicted octanol–water partition coefficient (Wildman–Crippen LogP) is 3.15. The summed E-state index contributed by atoms with van der Waals surface area (Å²) in [5.41, 5.74) is 1.85. The zero-order valence-corrected chi connectivity index (χ0v) is 9.58. The molecule has 0 aromatic heterocycles. The van der Waals surface area contributed by atoms with Gasteiger partial charge in [-0.05, 0) is 5.56 Å². The fourth-order valence-corrected chi connectivity index (χ4v) is 1.57. The summed E-state index contributed by atoms with van der Waals surface area (Å²) in [5, 5.41) is 3.01. The normalized spacial score (nSPS) is 12.6. The van der Waals surface area contributed by atoms with Gasteiger partial charge < -0.3 is 5.32 Å². The molecule has 0 bridgehead atoms. The lowest BCUT2D eigenvalue weighted by Gasteiger charge is -2.07. The molecule has 1 N–H and O–H groups in total. The molecule has 0 spiro atoms. The Morgan fingerprint density at radius 2 is 1.56 bits per heavy atom. The van der Waals surface area contributed by atoms with E-state index in [1.54, 1.807) is 0 Å². The van der Waals surface area contributed by atoms with Crippen molar-refractivity contribution in [1.29, 1.82) is 0 Å². The third-order valence-corrected chi connectivity index (χ3v) is 2.56. The van der Waals surface area contributed by atoms with Crippen LogP contribution in [-0.4, -0.2) is 4.99 Å². The van der Waals surface area contributed by atoms with Gasteiger partial charge in [-0.1, -0.05) is 72.9 Å². The van der Waals surface area contributed by atoms with Gasteiger partial charge in [-0.15, -0.1) is 0 Å². The maximum absolute atomic E-state index is 7.99. The van der Waals surface area contributed by atoms with E-state index < -0.39 is 6.52 Å². The van der Waals surface area contributed by atoms with E-state index in [9.17, 15) is 0 Å². The Labute approximate surface area is 103 Å². The van der Waals surface area contributed by atoms with Crippen LogP contribution in [-0.2, 0) is 6.52 Å². The molecular formula is C14H13NS. The van der Waals surface area contributed by atoms with Gasteiger partial charge in [0.05, 0.1) is 1.37 Å². The van der Waals surface area contributed by atoms with Crippen LogP contribution in [0.25, 0.3) is 0 Å². The Hall–Kier alpha value is -1.67. The highest BCUT2D eigenvalue weighted by molar-refractivity contribution is 7.80. The van der Waals surface area contributed by atoms with Gasteiger partial charge in [0.15, 0.2) is 0 Å². The SMILES string of the molecule is [2H][C@H](NC(=S)c1ccccc1)c1ccccc1. The second-order valence-electron chi connectivity index (χ2n) is 3.39. The zero-order valence-electron chi connectivity index (χ0n) is 9.76. The van der Waals surface area contributed by atoms with E-state index >= 15 is 0 Å². The van der Waals surface area contributed by atoms with Gasteiger partial charge in [-0.2, -0.15) is 0 Å². The third kappa shape index (κ3) is 2.91. The molecule has 2 heteroatoms. The van der Waals surface area contributed by atoms with Crippen molar-refractivity contribution in [3.05, 3.63) is 71.8 Å². The van der Waals surface area contributed by atoms with Gasteiger partial charge in [0, 0.05) is 12.1 Å². The van der Waals surface area contributed by atoms with Crippen LogP contribution in [0.15, 0.2) is 60.7 Å². The maximum atomic E-state index is 7.99. The second-order valence-corrected chi connectivity index (χ2v) is 3.80. The van der Waals surface area contributed by atoms with Crippen molar-refractivity contribution in [1.82, 2.24) is 5.32 Å². The third-order valence-electron chi connectivity index (χ3n) is 2.21. The molecule has 0 aliphatic heterocycles. The minimum Gasteiger partial charge on any atom is -0.372 e. The van der Waals surface area contributed by atoms with E-state index in [0.29, 0.717) is 4.99 Å². The first-order valence-corrected chi connectivity index (χ1v) is 5.51. The van der Waals surface area contributed by atoms with Crippen molar-refractivity contribution in [3.8, 4) is 0 Å². The fourth-order valence-electron chi connectivity index (χ4n) is 1.37. The van der Waals surface area contributed by atoms with Crippen LogP contribution in [0.2, 0.25) is 0 Å². The smallest absolute Gasteiger partial charge is 0.106 e. The maximum Gasteiger partial charge on any atom is 0.106 e.